The summed E-state index contributed by atoms with van der Waals surface area (Å²) in [5, 5.41) is 18.1. The molecule has 0 unspecified atom stereocenters. The van der Waals surface area contributed by atoms with Gasteiger partial charge in [-0.05, 0) is 12.1 Å². The topological polar surface area (TPSA) is 53.6 Å². The van der Waals surface area contributed by atoms with Crippen molar-refractivity contribution in [3.05, 3.63) is 24.2 Å². The second-order valence-corrected chi connectivity index (χ2v) is 2.62. The van der Waals surface area contributed by atoms with E-state index in [4.69, 9.17) is 9.52 Å². The molecule has 0 bridgehead atoms. The van der Waals surface area contributed by atoms with Gasteiger partial charge in [-0.1, -0.05) is 6.92 Å². The number of aliphatic hydroxyl groups excluding tert-OH is 2. The predicted molar refractivity (Wildman–Crippen MR) is 39.9 cm³/mol. The average Bonchev–Trinajstić information content (AvgIpc) is 2.53. The monoisotopic (exact) mass is 156 g/mol. The van der Waals surface area contributed by atoms with E-state index < -0.39 is 6.10 Å². The summed E-state index contributed by atoms with van der Waals surface area (Å²) >= 11 is 0. The summed E-state index contributed by atoms with van der Waals surface area (Å²) in [6, 6.07) is 3.40. The van der Waals surface area contributed by atoms with E-state index in [1.165, 1.54) is 6.26 Å². The molecule has 3 nitrogen and oxygen atoms in total. The van der Waals surface area contributed by atoms with Gasteiger partial charge in [-0.3, -0.25) is 0 Å². The fourth-order valence-electron chi connectivity index (χ4n) is 0.840. The van der Waals surface area contributed by atoms with Crippen molar-refractivity contribution < 1.29 is 14.6 Å². The van der Waals surface area contributed by atoms with Gasteiger partial charge in [-0.2, -0.15) is 0 Å². The lowest BCUT2D eigenvalue weighted by Crippen LogP contribution is -2.11. The van der Waals surface area contributed by atoms with Crippen LogP contribution in [0.2, 0.25) is 0 Å². The van der Waals surface area contributed by atoms with Crippen molar-refractivity contribution >= 4 is 0 Å². The first kappa shape index (κ1) is 8.30. The Kier molecular flexibility index (Phi) is 2.68. The van der Waals surface area contributed by atoms with Gasteiger partial charge in [0.25, 0.3) is 0 Å². The number of rotatable bonds is 3. The van der Waals surface area contributed by atoms with Crippen molar-refractivity contribution in [3.63, 3.8) is 0 Å². The van der Waals surface area contributed by atoms with Crippen LogP contribution in [0.25, 0.3) is 0 Å². The lowest BCUT2D eigenvalue weighted by Gasteiger charge is -2.12. The molecule has 1 heterocycles. The molecule has 0 aliphatic rings. The van der Waals surface area contributed by atoms with Crippen LogP contribution in [0.15, 0.2) is 22.8 Å². The molecule has 1 rings (SSSR count). The molecule has 0 radical (unpaired) electrons. The van der Waals surface area contributed by atoms with E-state index >= 15 is 0 Å². The lowest BCUT2D eigenvalue weighted by atomic mass is 10.0. The quantitative estimate of drug-likeness (QED) is 0.684. The summed E-state index contributed by atoms with van der Waals surface area (Å²) in [7, 11) is 0. The summed E-state index contributed by atoms with van der Waals surface area (Å²) < 4.78 is 4.96. The zero-order chi connectivity index (χ0) is 8.27. The van der Waals surface area contributed by atoms with Crippen LogP contribution in [0.5, 0.6) is 0 Å². The average molecular weight is 156 g/mol. The second kappa shape index (κ2) is 3.55. The molecule has 0 aliphatic heterocycles. The highest BCUT2D eigenvalue weighted by Gasteiger charge is 2.17. The number of aliphatic hydroxyl groups is 2. The fraction of sp³-hybridized carbons (Fsp3) is 0.500. The molecule has 2 atom stereocenters. The van der Waals surface area contributed by atoms with E-state index in [1.54, 1.807) is 19.1 Å². The smallest absolute Gasteiger partial charge is 0.132 e. The first-order chi connectivity index (χ1) is 5.25. The minimum atomic E-state index is -0.699. The first-order valence-electron chi connectivity index (χ1n) is 3.58. The van der Waals surface area contributed by atoms with Crippen LogP contribution in [-0.2, 0) is 0 Å². The zero-order valence-corrected chi connectivity index (χ0v) is 6.40. The Morgan fingerprint density at radius 3 is 2.82 bits per heavy atom. The van der Waals surface area contributed by atoms with Crippen molar-refractivity contribution in [1.82, 2.24) is 0 Å². The summed E-state index contributed by atoms with van der Waals surface area (Å²) in [6.45, 7) is 1.72. The zero-order valence-electron chi connectivity index (χ0n) is 6.40. The van der Waals surface area contributed by atoms with Crippen LogP contribution in [0.3, 0.4) is 0 Å². The molecule has 2 N–H and O–H groups in total. The highest BCUT2D eigenvalue weighted by molar-refractivity contribution is 5.02. The minimum absolute atomic E-state index is 0.0398. The number of hydrogen-bond donors (Lipinski definition) is 2. The normalized spacial score (nSPS) is 16.3. The molecule has 62 valence electrons. The molecule has 0 saturated carbocycles. The van der Waals surface area contributed by atoms with E-state index in [9.17, 15) is 5.11 Å². The third-order valence-corrected chi connectivity index (χ3v) is 1.66. The number of furan rings is 1. The second-order valence-electron chi connectivity index (χ2n) is 2.62. The van der Waals surface area contributed by atoms with E-state index in [2.05, 4.69) is 0 Å². The van der Waals surface area contributed by atoms with Crippen LogP contribution in [0.4, 0.5) is 0 Å². The van der Waals surface area contributed by atoms with Crippen molar-refractivity contribution in [2.24, 2.45) is 5.92 Å². The molecule has 3 heteroatoms. The maximum absolute atomic E-state index is 9.42. The maximum atomic E-state index is 9.42. The summed E-state index contributed by atoms with van der Waals surface area (Å²) in [4.78, 5) is 0. The van der Waals surface area contributed by atoms with Crippen LogP contribution in [0.1, 0.15) is 18.8 Å². The van der Waals surface area contributed by atoms with Gasteiger partial charge in [0.1, 0.15) is 11.9 Å². The molecule has 0 fully saturated rings. The Labute approximate surface area is 65.3 Å². The largest absolute Gasteiger partial charge is 0.467 e. The third-order valence-electron chi connectivity index (χ3n) is 1.66. The molecular weight excluding hydrogens is 144 g/mol. The van der Waals surface area contributed by atoms with Gasteiger partial charge in [0.2, 0.25) is 0 Å². The number of hydrogen-bond acceptors (Lipinski definition) is 3. The SMILES string of the molecule is C[C@@H](CO)[C@@H](O)c1ccco1. The molecule has 1 aromatic heterocycles. The lowest BCUT2D eigenvalue weighted by molar-refractivity contribution is 0.0599. The van der Waals surface area contributed by atoms with E-state index in [0.29, 0.717) is 5.76 Å². The standard InChI is InChI=1S/C8H12O3/c1-6(5-9)8(10)7-3-2-4-11-7/h2-4,6,8-10H,5H2,1H3/t6-,8+/m0/s1. The predicted octanol–water partition coefficient (Wildman–Crippen LogP) is 0.941. The van der Waals surface area contributed by atoms with Crippen LogP contribution in [-0.4, -0.2) is 16.8 Å². The Hall–Kier alpha value is -0.800. The molecule has 0 aromatic carbocycles. The van der Waals surface area contributed by atoms with E-state index in [0.717, 1.165) is 0 Å². The van der Waals surface area contributed by atoms with Gasteiger partial charge in [0.05, 0.1) is 6.26 Å². The van der Waals surface area contributed by atoms with Crippen molar-refractivity contribution in [1.29, 1.82) is 0 Å². The highest BCUT2D eigenvalue weighted by atomic mass is 16.4. The molecule has 0 saturated heterocycles. The van der Waals surface area contributed by atoms with E-state index in [-0.39, 0.29) is 12.5 Å². The van der Waals surface area contributed by atoms with Gasteiger partial charge in [-0.25, -0.2) is 0 Å². The summed E-state index contributed by atoms with van der Waals surface area (Å²) in [5.74, 6) is 0.327. The fourth-order valence-corrected chi connectivity index (χ4v) is 0.840. The summed E-state index contributed by atoms with van der Waals surface area (Å²) in [5.41, 5.74) is 0. The van der Waals surface area contributed by atoms with Crippen molar-refractivity contribution in [2.45, 2.75) is 13.0 Å². The van der Waals surface area contributed by atoms with Gasteiger partial charge >= 0.3 is 0 Å². The molecule has 1 aromatic rings. The first-order valence-corrected chi connectivity index (χ1v) is 3.58. The Morgan fingerprint density at radius 1 is 1.64 bits per heavy atom. The van der Waals surface area contributed by atoms with Gasteiger partial charge < -0.3 is 14.6 Å². The Balaban J connectivity index is 2.62. The molecule has 11 heavy (non-hydrogen) atoms. The van der Waals surface area contributed by atoms with Gasteiger partial charge in [0.15, 0.2) is 0 Å². The van der Waals surface area contributed by atoms with Crippen LogP contribution >= 0.6 is 0 Å². The van der Waals surface area contributed by atoms with E-state index in [1.807, 2.05) is 0 Å². The molecular formula is C8H12O3. The molecule has 0 amide bonds. The molecule has 0 spiro atoms. The summed E-state index contributed by atoms with van der Waals surface area (Å²) in [6.07, 6.45) is 0.804. The third kappa shape index (κ3) is 1.82. The van der Waals surface area contributed by atoms with Crippen molar-refractivity contribution in [2.75, 3.05) is 6.61 Å². The highest BCUT2D eigenvalue weighted by Crippen LogP contribution is 2.20. The maximum Gasteiger partial charge on any atom is 0.132 e. The Morgan fingerprint density at radius 2 is 2.36 bits per heavy atom. The Bertz CT molecular complexity index is 193. The van der Waals surface area contributed by atoms with Crippen LogP contribution in [0, 0.1) is 5.92 Å². The van der Waals surface area contributed by atoms with Gasteiger partial charge in [-0.15, -0.1) is 0 Å². The van der Waals surface area contributed by atoms with Gasteiger partial charge in [0, 0.05) is 12.5 Å². The minimum Gasteiger partial charge on any atom is -0.467 e. The van der Waals surface area contributed by atoms with Crippen molar-refractivity contribution in [3.8, 4) is 0 Å². The van der Waals surface area contributed by atoms with Crippen LogP contribution < -0.4 is 0 Å². The molecule has 0 aliphatic carbocycles.